The highest BCUT2D eigenvalue weighted by Crippen LogP contribution is 2.22. The van der Waals surface area contributed by atoms with E-state index < -0.39 is 16.1 Å². The highest BCUT2D eigenvalue weighted by molar-refractivity contribution is 7.89. The SMILES string of the molecule is CCCS(=O)(=O)N1CCCC1C(=O)NCC(=O)N1CCN(c2ccc(Cl)cc2)CC1. The van der Waals surface area contributed by atoms with Gasteiger partial charge in [-0.1, -0.05) is 18.5 Å². The van der Waals surface area contributed by atoms with Crippen molar-refractivity contribution in [1.29, 1.82) is 0 Å². The van der Waals surface area contributed by atoms with Crippen LogP contribution >= 0.6 is 11.6 Å². The summed E-state index contributed by atoms with van der Waals surface area (Å²) in [6.07, 6.45) is 1.65. The van der Waals surface area contributed by atoms with Gasteiger partial charge < -0.3 is 15.1 Å². The fraction of sp³-hybridized carbons (Fsp3) is 0.600. The molecule has 0 bridgehead atoms. The summed E-state index contributed by atoms with van der Waals surface area (Å²) in [5.41, 5.74) is 1.06. The minimum atomic E-state index is -3.44. The van der Waals surface area contributed by atoms with Crippen LogP contribution < -0.4 is 10.2 Å². The Morgan fingerprint density at radius 2 is 1.77 bits per heavy atom. The van der Waals surface area contributed by atoms with E-state index in [1.807, 2.05) is 24.3 Å². The number of anilines is 1. The Kier molecular flexibility index (Phi) is 7.60. The summed E-state index contributed by atoms with van der Waals surface area (Å²) in [5, 5.41) is 3.34. The molecule has 10 heteroatoms. The summed E-state index contributed by atoms with van der Waals surface area (Å²) in [7, 11) is -3.44. The summed E-state index contributed by atoms with van der Waals surface area (Å²) in [6.45, 7) is 4.59. The van der Waals surface area contributed by atoms with E-state index in [4.69, 9.17) is 11.6 Å². The van der Waals surface area contributed by atoms with Crippen molar-refractivity contribution in [3.63, 3.8) is 0 Å². The van der Waals surface area contributed by atoms with E-state index in [1.165, 1.54) is 4.31 Å². The Bertz CT molecular complexity index is 854. The van der Waals surface area contributed by atoms with Crippen LogP contribution in [0.3, 0.4) is 0 Å². The Morgan fingerprint density at radius 3 is 2.40 bits per heavy atom. The number of benzene rings is 1. The lowest BCUT2D eigenvalue weighted by Gasteiger charge is -2.36. The quantitative estimate of drug-likeness (QED) is 0.668. The van der Waals surface area contributed by atoms with Crippen molar-refractivity contribution in [2.75, 3.05) is 49.9 Å². The fourth-order valence-corrected chi connectivity index (χ4v) is 5.84. The van der Waals surface area contributed by atoms with Gasteiger partial charge in [0.1, 0.15) is 6.04 Å². The molecule has 1 atom stereocenters. The van der Waals surface area contributed by atoms with E-state index in [1.54, 1.807) is 11.8 Å². The number of hydrogen-bond donors (Lipinski definition) is 1. The number of hydrogen-bond acceptors (Lipinski definition) is 5. The molecule has 0 aromatic heterocycles. The number of amides is 2. The Labute approximate surface area is 183 Å². The van der Waals surface area contributed by atoms with E-state index in [2.05, 4.69) is 10.2 Å². The number of nitrogens with zero attached hydrogens (tertiary/aromatic N) is 3. The third kappa shape index (κ3) is 5.44. The van der Waals surface area contributed by atoms with Gasteiger partial charge in [0, 0.05) is 43.4 Å². The van der Waals surface area contributed by atoms with Crippen molar-refractivity contribution >= 4 is 39.1 Å². The van der Waals surface area contributed by atoms with Gasteiger partial charge in [-0.3, -0.25) is 9.59 Å². The molecule has 2 heterocycles. The smallest absolute Gasteiger partial charge is 0.242 e. The minimum Gasteiger partial charge on any atom is -0.368 e. The molecular formula is C20H29ClN4O4S. The summed E-state index contributed by atoms with van der Waals surface area (Å²) < 4.78 is 26.0. The lowest BCUT2D eigenvalue weighted by molar-refractivity contribution is -0.133. The normalized spacial score (nSPS) is 20.4. The summed E-state index contributed by atoms with van der Waals surface area (Å²) >= 11 is 5.93. The molecule has 2 aliphatic rings. The molecule has 1 N–H and O–H groups in total. The molecular weight excluding hydrogens is 428 g/mol. The van der Waals surface area contributed by atoms with E-state index in [-0.39, 0.29) is 24.1 Å². The van der Waals surface area contributed by atoms with Crippen LogP contribution in [-0.2, 0) is 19.6 Å². The van der Waals surface area contributed by atoms with Crippen LogP contribution in [0.5, 0.6) is 0 Å². The molecule has 1 aromatic rings. The van der Waals surface area contributed by atoms with Gasteiger partial charge in [0.25, 0.3) is 0 Å². The van der Waals surface area contributed by atoms with Gasteiger partial charge in [-0.15, -0.1) is 0 Å². The maximum absolute atomic E-state index is 12.6. The number of carbonyl (C=O) groups excluding carboxylic acids is 2. The maximum Gasteiger partial charge on any atom is 0.242 e. The molecule has 2 saturated heterocycles. The number of sulfonamides is 1. The van der Waals surface area contributed by atoms with Crippen LogP contribution in [-0.4, -0.2) is 80.5 Å². The first kappa shape index (κ1) is 22.8. The second-order valence-corrected chi connectivity index (χ2v) is 10.1. The van der Waals surface area contributed by atoms with Crippen LogP contribution in [0.4, 0.5) is 5.69 Å². The molecule has 1 unspecified atom stereocenters. The van der Waals surface area contributed by atoms with Crippen molar-refractivity contribution in [1.82, 2.24) is 14.5 Å². The van der Waals surface area contributed by atoms with Crippen molar-refractivity contribution in [2.45, 2.75) is 32.2 Å². The first-order valence-corrected chi connectivity index (χ1v) is 12.4. The van der Waals surface area contributed by atoms with Crippen molar-refractivity contribution < 1.29 is 18.0 Å². The molecule has 166 valence electrons. The third-order valence-corrected chi connectivity index (χ3v) is 7.89. The van der Waals surface area contributed by atoms with Crippen LogP contribution in [0.2, 0.25) is 5.02 Å². The number of nitrogens with one attached hydrogen (secondary N) is 1. The Balaban J connectivity index is 1.47. The molecule has 30 heavy (non-hydrogen) atoms. The lowest BCUT2D eigenvalue weighted by atomic mass is 10.2. The maximum atomic E-state index is 12.6. The van der Waals surface area contributed by atoms with Crippen LogP contribution in [0.15, 0.2) is 24.3 Å². The second-order valence-electron chi connectivity index (χ2n) is 7.65. The summed E-state index contributed by atoms with van der Waals surface area (Å²) in [6, 6.07) is 6.89. The number of halogens is 1. The highest BCUT2D eigenvalue weighted by atomic mass is 35.5. The van der Waals surface area contributed by atoms with Gasteiger partial charge in [-0.25, -0.2) is 8.42 Å². The summed E-state index contributed by atoms with van der Waals surface area (Å²) in [5.74, 6) is -0.506. The topological polar surface area (TPSA) is 90.0 Å². The van der Waals surface area contributed by atoms with Gasteiger partial charge in [0.15, 0.2) is 0 Å². The molecule has 0 spiro atoms. The van der Waals surface area contributed by atoms with Crippen LogP contribution in [0.25, 0.3) is 0 Å². The fourth-order valence-electron chi connectivity index (χ4n) is 3.97. The van der Waals surface area contributed by atoms with Gasteiger partial charge in [0.2, 0.25) is 21.8 Å². The van der Waals surface area contributed by atoms with Gasteiger partial charge in [-0.05, 0) is 43.5 Å². The van der Waals surface area contributed by atoms with Crippen molar-refractivity contribution in [3.8, 4) is 0 Å². The predicted octanol–water partition coefficient (Wildman–Crippen LogP) is 1.31. The average molecular weight is 457 g/mol. The number of piperazine rings is 1. The molecule has 8 nitrogen and oxygen atoms in total. The summed E-state index contributed by atoms with van der Waals surface area (Å²) in [4.78, 5) is 29.0. The Morgan fingerprint density at radius 1 is 1.10 bits per heavy atom. The second kappa shape index (κ2) is 9.98. The zero-order valence-electron chi connectivity index (χ0n) is 17.2. The molecule has 2 aliphatic heterocycles. The zero-order chi connectivity index (χ0) is 21.7. The molecule has 0 saturated carbocycles. The average Bonchev–Trinajstić information content (AvgIpc) is 3.24. The van der Waals surface area contributed by atoms with Crippen LogP contribution in [0, 0.1) is 0 Å². The lowest BCUT2D eigenvalue weighted by Crippen LogP contribution is -2.53. The third-order valence-electron chi connectivity index (χ3n) is 5.56. The zero-order valence-corrected chi connectivity index (χ0v) is 18.8. The molecule has 2 fully saturated rings. The number of carbonyl (C=O) groups is 2. The molecule has 2 amide bonds. The molecule has 1 aromatic carbocycles. The molecule has 0 radical (unpaired) electrons. The molecule has 0 aliphatic carbocycles. The van der Waals surface area contributed by atoms with E-state index >= 15 is 0 Å². The predicted molar refractivity (Wildman–Crippen MR) is 117 cm³/mol. The Hall–Kier alpha value is -1.84. The van der Waals surface area contributed by atoms with Gasteiger partial charge in [0.05, 0.1) is 12.3 Å². The van der Waals surface area contributed by atoms with Crippen LogP contribution in [0.1, 0.15) is 26.2 Å². The van der Waals surface area contributed by atoms with Gasteiger partial charge >= 0.3 is 0 Å². The first-order chi connectivity index (χ1) is 14.3. The molecule has 3 rings (SSSR count). The van der Waals surface area contributed by atoms with E-state index in [0.717, 1.165) is 5.69 Å². The van der Waals surface area contributed by atoms with E-state index in [0.29, 0.717) is 57.0 Å². The van der Waals surface area contributed by atoms with E-state index in [9.17, 15) is 18.0 Å². The van der Waals surface area contributed by atoms with Crippen molar-refractivity contribution in [2.24, 2.45) is 0 Å². The van der Waals surface area contributed by atoms with Crippen molar-refractivity contribution in [3.05, 3.63) is 29.3 Å². The minimum absolute atomic E-state index is 0.0353. The standard InChI is InChI=1S/C20H29ClN4O4S/c1-2-14-30(28,29)25-9-3-4-18(25)20(27)22-15-19(26)24-12-10-23(11-13-24)17-7-5-16(21)6-8-17/h5-8,18H,2-4,9-15H2,1H3,(H,22,27). The van der Waals surface area contributed by atoms with Gasteiger partial charge in [-0.2, -0.15) is 4.31 Å². The first-order valence-electron chi connectivity index (χ1n) is 10.4. The highest BCUT2D eigenvalue weighted by Gasteiger charge is 2.38. The largest absolute Gasteiger partial charge is 0.368 e. The monoisotopic (exact) mass is 456 g/mol. The number of rotatable bonds is 7.